The molecule has 0 aliphatic heterocycles. The average Bonchev–Trinajstić information content (AvgIpc) is 2.84. The molecule has 1 heterocycles. The van der Waals surface area contributed by atoms with Gasteiger partial charge in [0.15, 0.2) is 0 Å². The Labute approximate surface area is 135 Å². The molecule has 3 rings (SSSR count). The van der Waals surface area contributed by atoms with E-state index in [0.29, 0.717) is 5.25 Å². The lowest BCUT2D eigenvalue weighted by Crippen LogP contribution is -1.86. The van der Waals surface area contributed by atoms with Crippen LogP contribution in [0.3, 0.4) is 0 Å². The van der Waals surface area contributed by atoms with E-state index < -0.39 is 0 Å². The van der Waals surface area contributed by atoms with Crippen LogP contribution in [0.4, 0.5) is 0 Å². The Morgan fingerprint density at radius 2 is 1.90 bits per heavy atom. The normalized spacial score (nSPS) is 12.8. The molecule has 1 atom stereocenters. The average molecular weight is 367 g/mol. The molecule has 2 aromatic carbocycles. The Bertz CT molecular complexity index is 736. The van der Waals surface area contributed by atoms with E-state index >= 15 is 0 Å². The van der Waals surface area contributed by atoms with Crippen molar-refractivity contribution in [3.05, 3.63) is 63.7 Å². The summed E-state index contributed by atoms with van der Waals surface area (Å²) in [5.41, 5.74) is 2.49. The first-order valence-corrected chi connectivity index (χ1v) is 8.37. The van der Waals surface area contributed by atoms with Crippen molar-refractivity contribution < 1.29 is 0 Å². The first kappa shape index (κ1) is 14.1. The monoisotopic (exact) mass is 365 g/mol. The van der Waals surface area contributed by atoms with Crippen LogP contribution in [0.25, 0.3) is 10.9 Å². The molecule has 0 radical (unpaired) electrons. The first-order valence-electron chi connectivity index (χ1n) is 6.32. The Kier molecular flexibility index (Phi) is 4.11. The zero-order chi connectivity index (χ0) is 14.1. The van der Waals surface area contributed by atoms with Crippen LogP contribution in [-0.2, 0) is 0 Å². The van der Waals surface area contributed by atoms with Crippen molar-refractivity contribution in [3.63, 3.8) is 0 Å². The Morgan fingerprint density at radius 1 is 1.15 bits per heavy atom. The molecule has 4 heteroatoms. The molecule has 0 aliphatic carbocycles. The first-order chi connectivity index (χ1) is 9.63. The lowest BCUT2D eigenvalue weighted by molar-refractivity contribution is 1.11. The summed E-state index contributed by atoms with van der Waals surface area (Å²) >= 11 is 11.3. The zero-order valence-corrected chi connectivity index (χ0v) is 14.0. The van der Waals surface area contributed by atoms with Gasteiger partial charge in [-0.3, -0.25) is 0 Å². The second-order valence-electron chi connectivity index (χ2n) is 4.65. The summed E-state index contributed by atoms with van der Waals surface area (Å²) in [7, 11) is 0. The van der Waals surface area contributed by atoms with Gasteiger partial charge in [-0.2, -0.15) is 0 Å². The third-order valence-electron chi connectivity index (χ3n) is 3.24. The van der Waals surface area contributed by atoms with Crippen LogP contribution in [0, 0.1) is 0 Å². The summed E-state index contributed by atoms with van der Waals surface area (Å²) in [6.07, 6.45) is 2.10. The van der Waals surface area contributed by atoms with E-state index in [-0.39, 0.29) is 0 Å². The highest BCUT2D eigenvalue weighted by molar-refractivity contribution is 9.10. The fraction of sp³-hybridized carbons (Fsp3) is 0.125. The van der Waals surface area contributed by atoms with Gasteiger partial charge in [-0.15, -0.1) is 11.8 Å². The third kappa shape index (κ3) is 2.90. The molecule has 0 aliphatic rings. The SMILES string of the molecule is CC(Sc1ccc(Cl)cc1)c1c[nH]c2ccc(Br)cc12. The molecule has 1 aromatic heterocycles. The molecule has 3 aromatic rings. The number of H-pyrrole nitrogens is 1. The van der Waals surface area contributed by atoms with Gasteiger partial charge in [0.2, 0.25) is 0 Å². The molecule has 1 nitrogen and oxygen atoms in total. The Morgan fingerprint density at radius 3 is 2.65 bits per heavy atom. The van der Waals surface area contributed by atoms with Crippen molar-refractivity contribution in [2.45, 2.75) is 17.1 Å². The van der Waals surface area contributed by atoms with Crippen molar-refractivity contribution in [3.8, 4) is 0 Å². The van der Waals surface area contributed by atoms with Gasteiger partial charge in [0, 0.05) is 36.7 Å². The molecule has 20 heavy (non-hydrogen) atoms. The summed E-state index contributed by atoms with van der Waals surface area (Å²) in [5, 5.41) is 2.42. The molecule has 0 spiro atoms. The summed E-state index contributed by atoms with van der Waals surface area (Å²) < 4.78 is 1.11. The third-order valence-corrected chi connectivity index (χ3v) is 5.14. The summed E-state index contributed by atoms with van der Waals surface area (Å²) in [4.78, 5) is 4.56. The maximum atomic E-state index is 5.92. The van der Waals surface area contributed by atoms with Crippen molar-refractivity contribution in [1.82, 2.24) is 4.98 Å². The second kappa shape index (κ2) is 5.84. The summed E-state index contributed by atoms with van der Waals surface area (Å²) in [5.74, 6) is 0. The minimum Gasteiger partial charge on any atom is -0.361 e. The summed E-state index contributed by atoms with van der Waals surface area (Å²) in [6, 6.07) is 14.3. The minimum absolute atomic E-state index is 0.374. The van der Waals surface area contributed by atoms with Crippen molar-refractivity contribution in [2.24, 2.45) is 0 Å². The van der Waals surface area contributed by atoms with E-state index in [1.807, 2.05) is 23.9 Å². The Hall–Kier alpha value is -0.900. The highest BCUT2D eigenvalue weighted by atomic mass is 79.9. The zero-order valence-electron chi connectivity index (χ0n) is 10.9. The topological polar surface area (TPSA) is 15.8 Å². The lowest BCUT2D eigenvalue weighted by atomic mass is 10.1. The van der Waals surface area contributed by atoms with Gasteiger partial charge in [-0.1, -0.05) is 27.5 Å². The predicted molar refractivity (Wildman–Crippen MR) is 91.7 cm³/mol. The highest BCUT2D eigenvalue weighted by Crippen LogP contribution is 2.38. The molecular weight excluding hydrogens is 354 g/mol. The second-order valence-corrected chi connectivity index (χ2v) is 7.41. The molecule has 0 amide bonds. The van der Waals surface area contributed by atoms with E-state index in [1.54, 1.807) is 0 Å². The van der Waals surface area contributed by atoms with Crippen LogP contribution in [0.2, 0.25) is 5.02 Å². The van der Waals surface area contributed by atoms with Gasteiger partial charge < -0.3 is 4.98 Å². The van der Waals surface area contributed by atoms with Crippen LogP contribution in [0.1, 0.15) is 17.7 Å². The van der Waals surface area contributed by atoms with E-state index in [1.165, 1.54) is 21.4 Å². The smallest absolute Gasteiger partial charge is 0.0458 e. The van der Waals surface area contributed by atoms with Crippen LogP contribution in [0.15, 0.2) is 58.0 Å². The summed E-state index contributed by atoms with van der Waals surface area (Å²) in [6.45, 7) is 2.22. The fourth-order valence-corrected chi connectivity index (χ4v) is 3.74. The van der Waals surface area contributed by atoms with Gasteiger partial charge in [-0.05, 0) is 55.0 Å². The standard InChI is InChI=1S/C16H13BrClNS/c1-10(20-13-5-3-12(18)4-6-13)15-9-19-16-7-2-11(17)8-14(15)16/h2-10,19H,1H3. The molecular formula is C16H13BrClNS. The van der Waals surface area contributed by atoms with E-state index in [4.69, 9.17) is 11.6 Å². The Balaban J connectivity index is 1.90. The minimum atomic E-state index is 0.374. The number of rotatable bonds is 3. The van der Waals surface area contributed by atoms with Gasteiger partial charge in [0.05, 0.1) is 0 Å². The van der Waals surface area contributed by atoms with Crippen LogP contribution in [0.5, 0.6) is 0 Å². The van der Waals surface area contributed by atoms with E-state index in [9.17, 15) is 0 Å². The molecule has 0 saturated carbocycles. The number of hydrogen-bond acceptors (Lipinski definition) is 1. The maximum Gasteiger partial charge on any atom is 0.0458 e. The molecule has 1 N–H and O–H groups in total. The van der Waals surface area contributed by atoms with Gasteiger partial charge in [-0.25, -0.2) is 0 Å². The number of fused-ring (bicyclic) bond motifs is 1. The fourth-order valence-electron chi connectivity index (χ4n) is 2.23. The molecule has 0 bridgehead atoms. The van der Waals surface area contributed by atoms with Crippen LogP contribution >= 0.6 is 39.3 Å². The number of hydrogen-bond donors (Lipinski definition) is 1. The maximum absolute atomic E-state index is 5.92. The molecule has 0 fully saturated rings. The van der Waals surface area contributed by atoms with Crippen LogP contribution < -0.4 is 0 Å². The van der Waals surface area contributed by atoms with Gasteiger partial charge in [0.1, 0.15) is 0 Å². The lowest BCUT2D eigenvalue weighted by Gasteiger charge is -2.10. The molecule has 102 valence electrons. The van der Waals surface area contributed by atoms with E-state index in [0.717, 1.165) is 9.50 Å². The van der Waals surface area contributed by atoms with Crippen LogP contribution in [-0.4, -0.2) is 4.98 Å². The van der Waals surface area contributed by atoms with Crippen molar-refractivity contribution >= 4 is 50.2 Å². The highest BCUT2D eigenvalue weighted by Gasteiger charge is 2.13. The van der Waals surface area contributed by atoms with E-state index in [2.05, 4.69) is 64.4 Å². The number of thioether (sulfide) groups is 1. The van der Waals surface area contributed by atoms with Gasteiger partial charge >= 0.3 is 0 Å². The number of aromatic amines is 1. The number of halogens is 2. The van der Waals surface area contributed by atoms with Gasteiger partial charge in [0.25, 0.3) is 0 Å². The quantitative estimate of drug-likeness (QED) is 0.527. The molecule has 1 unspecified atom stereocenters. The predicted octanol–water partition coefficient (Wildman–Crippen LogP) is 6.44. The van der Waals surface area contributed by atoms with Crippen molar-refractivity contribution in [1.29, 1.82) is 0 Å². The van der Waals surface area contributed by atoms with Crippen molar-refractivity contribution in [2.75, 3.05) is 0 Å². The number of aromatic nitrogens is 1. The molecule has 0 saturated heterocycles. The largest absolute Gasteiger partial charge is 0.361 e. The number of nitrogens with one attached hydrogen (secondary N) is 1. The number of benzene rings is 2.